The molecule has 2 saturated carbocycles. The van der Waals surface area contributed by atoms with Crippen molar-refractivity contribution in [3.63, 3.8) is 0 Å². The van der Waals surface area contributed by atoms with Gasteiger partial charge in [-0.1, -0.05) is 19.8 Å². The number of carbonyl (C=O) groups excluding carboxylic acids is 2. The van der Waals surface area contributed by atoms with Gasteiger partial charge in [0.1, 0.15) is 4.88 Å². The standard InChI is InChI=1S/C23H33NO5S/c1-16-4-3-5-17(14-16)15-20(25)24(19-8-13-30-21(19)22(26)27-2)18-6-9-23(10-7-18)28-11-12-29-23/h8,13,16-18H,3-7,9-12,14-15H2,1-2H3. The fourth-order valence-electron chi connectivity index (χ4n) is 5.45. The van der Waals surface area contributed by atoms with Gasteiger partial charge in [-0.25, -0.2) is 4.79 Å². The average Bonchev–Trinajstić information content (AvgIpc) is 3.39. The van der Waals surface area contributed by atoms with E-state index in [1.165, 1.54) is 31.3 Å². The van der Waals surface area contributed by atoms with E-state index in [2.05, 4.69) is 6.92 Å². The van der Waals surface area contributed by atoms with E-state index in [9.17, 15) is 9.59 Å². The molecule has 4 rings (SSSR count). The Bertz CT molecular complexity index is 747. The normalized spacial score (nSPS) is 26.6. The van der Waals surface area contributed by atoms with E-state index in [1.807, 2.05) is 16.3 Å². The van der Waals surface area contributed by atoms with Gasteiger partial charge < -0.3 is 19.1 Å². The van der Waals surface area contributed by atoms with Gasteiger partial charge >= 0.3 is 5.97 Å². The fraction of sp³-hybridized carbons (Fsp3) is 0.739. The lowest BCUT2D eigenvalue weighted by Gasteiger charge is -2.41. The van der Waals surface area contributed by atoms with E-state index in [-0.39, 0.29) is 17.9 Å². The number of thiophene rings is 1. The van der Waals surface area contributed by atoms with Gasteiger partial charge in [-0.15, -0.1) is 11.3 Å². The van der Waals surface area contributed by atoms with Crippen molar-refractivity contribution in [2.75, 3.05) is 25.2 Å². The molecule has 7 heteroatoms. The number of carbonyl (C=O) groups is 2. The van der Waals surface area contributed by atoms with Gasteiger partial charge in [0.05, 0.1) is 26.0 Å². The summed E-state index contributed by atoms with van der Waals surface area (Å²) in [6, 6.07) is 1.94. The minimum Gasteiger partial charge on any atom is -0.465 e. The summed E-state index contributed by atoms with van der Waals surface area (Å²) in [5, 5.41) is 1.87. The molecule has 0 bridgehead atoms. The first-order valence-electron chi connectivity index (χ1n) is 11.3. The number of anilines is 1. The summed E-state index contributed by atoms with van der Waals surface area (Å²) < 4.78 is 16.7. The van der Waals surface area contributed by atoms with Gasteiger partial charge in [-0.3, -0.25) is 4.79 Å². The Kier molecular flexibility index (Phi) is 6.80. The van der Waals surface area contributed by atoms with Gasteiger partial charge in [-0.2, -0.15) is 0 Å². The average molecular weight is 436 g/mol. The van der Waals surface area contributed by atoms with Crippen molar-refractivity contribution in [2.45, 2.75) is 76.5 Å². The smallest absolute Gasteiger partial charge is 0.350 e. The molecule has 3 fully saturated rings. The summed E-state index contributed by atoms with van der Waals surface area (Å²) in [5.74, 6) is 0.401. The van der Waals surface area contributed by atoms with Crippen LogP contribution in [0.4, 0.5) is 5.69 Å². The monoisotopic (exact) mass is 435 g/mol. The largest absolute Gasteiger partial charge is 0.465 e. The van der Waals surface area contributed by atoms with Crippen LogP contribution in [0.25, 0.3) is 0 Å². The Hall–Kier alpha value is -1.44. The number of hydrogen-bond donors (Lipinski definition) is 0. The van der Waals surface area contributed by atoms with Crippen LogP contribution in [0, 0.1) is 11.8 Å². The third kappa shape index (κ3) is 4.58. The van der Waals surface area contributed by atoms with E-state index >= 15 is 0 Å². The zero-order valence-corrected chi connectivity index (χ0v) is 18.9. The van der Waals surface area contributed by atoms with E-state index < -0.39 is 5.79 Å². The Morgan fingerprint density at radius 3 is 2.60 bits per heavy atom. The maximum absolute atomic E-state index is 13.6. The molecule has 6 nitrogen and oxygen atoms in total. The minimum absolute atomic E-state index is 0.0509. The molecular formula is C23H33NO5S. The molecule has 2 aliphatic carbocycles. The Balaban J connectivity index is 1.54. The lowest BCUT2D eigenvalue weighted by molar-refractivity contribution is -0.178. The molecule has 1 saturated heterocycles. The molecule has 1 aromatic heterocycles. The van der Waals surface area contributed by atoms with Crippen LogP contribution in [-0.2, 0) is 19.0 Å². The SMILES string of the molecule is COC(=O)c1sccc1N(C(=O)CC1CCCC(C)C1)C1CCC2(CC1)OCCO2. The van der Waals surface area contributed by atoms with Crippen LogP contribution in [0.5, 0.6) is 0 Å². The molecule has 1 amide bonds. The minimum atomic E-state index is -0.468. The molecule has 30 heavy (non-hydrogen) atoms. The third-order valence-corrected chi connectivity index (χ3v) is 7.83. The second-order valence-corrected chi connectivity index (χ2v) is 9.99. The quantitative estimate of drug-likeness (QED) is 0.624. The topological polar surface area (TPSA) is 65.1 Å². The van der Waals surface area contributed by atoms with Crippen molar-refractivity contribution < 1.29 is 23.8 Å². The molecule has 3 aliphatic rings. The number of nitrogens with zero attached hydrogens (tertiary/aromatic N) is 1. The number of ether oxygens (including phenoxy) is 3. The zero-order chi connectivity index (χ0) is 21.1. The third-order valence-electron chi connectivity index (χ3n) is 6.95. The molecule has 166 valence electrons. The van der Waals surface area contributed by atoms with Crippen LogP contribution in [0.1, 0.15) is 74.4 Å². The maximum atomic E-state index is 13.6. The van der Waals surface area contributed by atoms with Crippen molar-refractivity contribution in [1.29, 1.82) is 0 Å². The first-order valence-corrected chi connectivity index (χ1v) is 12.1. The molecule has 2 heterocycles. The van der Waals surface area contributed by atoms with Crippen LogP contribution < -0.4 is 4.90 Å². The first kappa shape index (κ1) is 21.8. The Morgan fingerprint density at radius 2 is 1.93 bits per heavy atom. The zero-order valence-electron chi connectivity index (χ0n) is 18.1. The summed E-state index contributed by atoms with van der Waals surface area (Å²) in [5.41, 5.74) is 0.704. The van der Waals surface area contributed by atoms with Gasteiger partial charge in [0.25, 0.3) is 0 Å². The predicted molar refractivity (Wildman–Crippen MR) is 116 cm³/mol. The van der Waals surface area contributed by atoms with E-state index in [1.54, 1.807) is 0 Å². The lowest BCUT2D eigenvalue weighted by Crippen LogP contribution is -2.47. The number of esters is 1. The Labute approximate surface area is 182 Å². The van der Waals surface area contributed by atoms with E-state index in [4.69, 9.17) is 14.2 Å². The highest BCUT2D eigenvalue weighted by molar-refractivity contribution is 7.12. The van der Waals surface area contributed by atoms with Gasteiger partial charge in [0.15, 0.2) is 5.79 Å². The van der Waals surface area contributed by atoms with Crippen molar-refractivity contribution >= 4 is 28.9 Å². The fourth-order valence-corrected chi connectivity index (χ4v) is 6.25. The van der Waals surface area contributed by atoms with Crippen molar-refractivity contribution in [2.24, 2.45) is 11.8 Å². The van der Waals surface area contributed by atoms with Crippen molar-refractivity contribution in [3.8, 4) is 0 Å². The molecule has 1 spiro atoms. The van der Waals surface area contributed by atoms with Crippen LogP contribution in [0.3, 0.4) is 0 Å². The first-order chi connectivity index (χ1) is 14.5. The molecule has 2 atom stereocenters. The molecule has 1 aromatic rings. The summed E-state index contributed by atoms with van der Waals surface area (Å²) >= 11 is 1.34. The maximum Gasteiger partial charge on any atom is 0.350 e. The van der Waals surface area contributed by atoms with Crippen LogP contribution >= 0.6 is 11.3 Å². The van der Waals surface area contributed by atoms with E-state index in [0.29, 0.717) is 42.0 Å². The summed E-state index contributed by atoms with van der Waals surface area (Å²) in [6.07, 6.45) is 8.42. The highest BCUT2D eigenvalue weighted by atomic mass is 32.1. The number of amides is 1. The lowest BCUT2D eigenvalue weighted by atomic mass is 9.80. The second-order valence-electron chi connectivity index (χ2n) is 9.07. The van der Waals surface area contributed by atoms with Crippen LogP contribution in [0.15, 0.2) is 11.4 Å². The van der Waals surface area contributed by atoms with Crippen molar-refractivity contribution in [3.05, 3.63) is 16.3 Å². The predicted octanol–water partition coefficient (Wildman–Crippen LogP) is 4.77. The molecule has 0 N–H and O–H groups in total. The van der Waals surface area contributed by atoms with Gasteiger partial charge in [0, 0.05) is 25.3 Å². The Morgan fingerprint density at radius 1 is 1.20 bits per heavy atom. The van der Waals surface area contributed by atoms with E-state index in [0.717, 1.165) is 38.5 Å². The van der Waals surface area contributed by atoms with Crippen LogP contribution in [0.2, 0.25) is 0 Å². The molecule has 1 aliphatic heterocycles. The summed E-state index contributed by atoms with van der Waals surface area (Å²) in [7, 11) is 1.39. The number of rotatable bonds is 5. The summed E-state index contributed by atoms with van der Waals surface area (Å²) in [4.78, 5) is 28.4. The second kappa shape index (κ2) is 9.37. The molecule has 0 radical (unpaired) electrons. The van der Waals surface area contributed by atoms with Gasteiger partial charge in [-0.05, 0) is 49.0 Å². The summed E-state index contributed by atoms with van der Waals surface area (Å²) in [6.45, 7) is 3.57. The highest BCUT2D eigenvalue weighted by Gasteiger charge is 2.43. The molecular weight excluding hydrogens is 402 g/mol. The number of hydrogen-bond acceptors (Lipinski definition) is 6. The molecule has 0 aromatic carbocycles. The number of methoxy groups -OCH3 is 1. The van der Waals surface area contributed by atoms with Crippen LogP contribution in [-0.4, -0.2) is 44.0 Å². The molecule has 2 unspecified atom stereocenters. The van der Waals surface area contributed by atoms with Gasteiger partial charge in [0.2, 0.25) is 5.91 Å². The highest BCUT2D eigenvalue weighted by Crippen LogP contribution is 2.41. The van der Waals surface area contributed by atoms with Crippen molar-refractivity contribution in [1.82, 2.24) is 0 Å².